The van der Waals surface area contributed by atoms with Crippen LogP contribution in [0.3, 0.4) is 0 Å². The number of alkyl halides is 2. The molecule has 0 heterocycles. The zero-order valence-corrected chi connectivity index (χ0v) is 18.3. The van der Waals surface area contributed by atoms with Gasteiger partial charge in [0.2, 0.25) is 5.91 Å². The average Bonchev–Trinajstić information content (AvgIpc) is 2.65. The summed E-state index contributed by atoms with van der Waals surface area (Å²) >= 11 is 3.33. The lowest BCUT2D eigenvalue weighted by atomic mass is 9.90. The first-order valence-corrected chi connectivity index (χ1v) is 11.5. The van der Waals surface area contributed by atoms with Crippen LogP contribution in [0.1, 0.15) is 16.4 Å². The molecule has 0 aliphatic carbocycles. The van der Waals surface area contributed by atoms with E-state index in [0.717, 1.165) is 10.7 Å². The highest BCUT2D eigenvalue weighted by molar-refractivity contribution is 9.10. The molecule has 2 unspecified atom stereocenters. The molecule has 30 heavy (non-hydrogen) atoms. The second kappa shape index (κ2) is 10.5. The van der Waals surface area contributed by atoms with Gasteiger partial charge in [-0.15, -0.1) is 0 Å². The number of halogens is 3. The number of para-hydroxylation sites is 1. The van der Waals surface area contributed by atoms with Gasteiger partial charge in [0.15, 0.2) is 9.84 Å². The lowest BCUT2D eigenvalue weighted by Crippen LogP contribution is -2.38. The van der Waals surface area contributed by atoms with Crippen LogP contribution in [0, 0.1) is 17.2 Å². The minimum atomic E-state index is -3.96. The maximum Gasteiger partial charge on any atom is 0.387 e. The summed E-state index contributed by atoms with van der Waals surface area (Å²) in [5.74, 6) is -2.20. The number of hydrogen-bond acceptors (Lipinski definition) is 5. The van der Waals surface area contributed by atoms with Crippen LogP contribution in [0.15, 0.2) is 53.0 Å². The molecule has 2 rings (SSSR count). The van der Waals surface area contributed by atoms with Crippen LogP contribution in [0.4, 0.5) is 8.78 Å². The van der Waals surface area contributed by atoms with Crippen LogP contribution in [0.2, 0.25) is 0 Å². The Morgan fingerprint density at radius 2 is 1.93 bits per heavy atom. The van der Waals surface area contributed by atoms with Gasteiger partial charge in [0.1, 0.15) is 17.5 Å². The quantitative estimate of drug-likeness (QED) is 0.530. The van der Waals surface area contributed by atoms with Crippen molar-refractivity contribution in [1.82, 2.24) is 5.32 Å². The summed E-state index contributed by atoms with van der Waals surface area (Å²) in [6.45, 7) is -3.48. The Hall–Kier alpha value is -2.51. The predicted octanol–water partition coefficient (Wildman–Crippen LogP) is 3.63. The molecular weight excluding hydrogens is 482 g/mol. The second-order valence-electron chi connectivity index (χ2n) is 6.48. The van der Waals surface area contributed by atoms with Crippen LogP contribution in [-0.2, 0) is 21.1 Å². The zero-order valence-electron chi connectivity index (χ0n) is 15.9. The number of rotatable bonds is 9. The fraction of sp³-hybridized carbons (Fsp3) is 0.300. The minimum absolute atomic E-state index is 0.00253. The normalized spacial score (nSPS) is 13.3. The number of hydrogen-bond donors (Lipinski definition) is 1. The van der Waals surface area contributed by atoms with Crippen LogP contribution < -0.4 is 10.1 Å². The number of nitrogens with zero attached hydrogens (tertiary/aromatic N) is 1. The van der Waals surface area contributed by atoms with Crippen molar-refractivity contribution in [2.45, 2.75) is 18.3 Å². The first kappa shape index (κ1) is 23.8. The van der Waals surface area contributed by atoms with Crippen molar-refractivity contribution in [3.8, 4) is 11.8 Å². The summed E-state index contributed by atoms with van der Waals surface area (Å²) in [5, 5.41) is 9.71. The number of nitrogens with one attached hydrogen (secondary N) is 1. The monoisotopic (exact) mass is 500 g/mol. The molecule has 0 aliphatic heterocycles. The third-order valence-electron chi connectivity index (χ3n) is 4.29. The maximum absolute atomic E-state index is 12.9. The van der Waals surface area contributed by atoms with Gasteiger partial charge in [-0.3, -0.25) is 4.79 Å². The van der Waals surface area contributed by atoms with E-state index >= 15 is 0 Å². The van der Waals surface area contributed by atoms with Crippen molar-refractivity contribution < 1.29 is 26.7 Å². The number of sulfone groups is 1. The van der Waals surface area contributed by atoms with Crippen molar-refractivity contribution in [3.63, 3.8) is 0 Å². The smallest absolute Gasteiger partial charge is 0.387 e. The van der Waals surface area contributed by atoms with Gasteiger partial charge in [0.25, 0.3) is 0 Å². The van der Waals surface area contributed by atoms with Crippen molar-refractivity contribution in [2.24, 2.45) is 5.92 Å². The highest BCUT2D eigenvalue weighted by Crippen LogP contribution is 2.38. The molecule has 6 nitrogen and oxygen atoms in total. The van der Waals surface area contributed by atoms with Gasteiger partial charge in [-0.25, -0.2) is 8.42 Å². The van der Waals surface area contributed by atoms with E-state index in [1.165, 1.54) is 24.3 Å². The maximum atomic E-state index is 12.9. The molecule has 1 amide bonds. The van der Waals surface area contributed by atoms with Gasteiger partial charge in [-0.05, 0) is 30.2 Å². The largest absolute Gasteiger partial charge is 0.434 e. The number of benzene rings is 2. The number of carbonyl (C=O) groups excluding carboxylic acids is 1. The van der Waals surface area contributed by atoms with Crippen LogP contribution in [-0.4, -0.2) is 33.7 Å². The van der Waals surface area contributed by atoms with Crippen LogP contribution in [0.25, 0.3) is 0 Å². The fourth-order valence-corrected chi connectivity index (χ4v) is 5.10. The third-order valence-corrected chi connectivity index (χ3v) is 6.29. The Bertz CT molecular complexity index is 1040. The van der Waals surface area contributed by atoms with Crippen molar-refractivity contribution in [1.29, 1.82) is 5.26 Å². The van der Waals surface area contributed by atoms with E-state index in [2.05, 4.69) is 26.0 Å². The molecule has 2 atom stereocenters. The number of ether oxygens (including phenoxy) is 1. The average molecular weight is 501 g/mol. The van der Waals surface area contributed by atoms with Crippen molar-refractivity contribution in [2.75, 3.05) is 12.8 Å². The van der Waals surface area contributed by atoms with Gasteiger partial charge in [0.05, 0.1) is 12.0 Å². The Labute approximate surface area is 181 Å². The fourth-order valence-electron chi connectivity index (χ4n) is 3.18. The molecular formula is C20H19BrF2N2O4S. The van der Waals surface area contributed by atoms with Gasteiger partial charge in [-0.1, -0.05) is 46.3 Å². The molecule has 0 saturated heterocycles. The molecule has 0 radical (unpaired) electrons. The molecule has 10 heteroatoms. The SMILES string of the molecule is CS(=O)(=O)C(c1ccccc1OC(F)F)C(Cc1cccc(Br)c1)C(=O)NCC#N. The van der Waals surface area contributed by atoms with E-state index in [1.807, 2.05) is 0 Å². The van der Waals surface area contributed by atoms with Gasteiger partial charge in [0, 0.05) is 16.3 Å². The Morgan fingerprint density at radius 1 is 1.23 bits per heavy atom. The Morgan fingerprint density at radius 3 is 2.53 bits per heavy atom. The van der Waals surface area contributed by atoms with Gasteiger partial charge >= 0.3 is 6.61 Å². The first-order valence-electron chi connectivity index (χ1n) is 8.75. The van der Waals surface area contributed by atoms with Gasteiger partial charge in [-0.2, -0.15) is 14.0 Å². The van der Waals surface area contributed by atoms with E-state index < -0.39 is 33.5 Å². The van der Waals surface area contributed by atoms with E-state index in [1.54, 1.807) is 30.3 Å². The summed E-state index contributed by atoms with van der Waals surface area (Å²) < 4.78 is 56.5. The van der Waals surface area contributed by atoms with E-state index in [9.17, 15) is 22.0 Å². The molecule has 0 bridgehead atoms. The second-order valence-corrected chi connectivity index (χ2v) is 9.57. The summed E-state index contributed by atoms with van der Waals surface area (Å²) in [7, 11) is -3.96. The minimum Gasteiger partial charge on any atom is -0.434 e. The number of carbonyl (C=O) groups is 1. The number of amides is 1. The van der Waals surface area contributed by atoms with E-state index in [4.69, 9.17) is 5.26 Å². The first-order chi connectivity index (χ1) is 14.1. The summed E-state index contributed by atoms with van der Waals surface area (Å²) in [6.07, 6.45) is 0.930. The zero-order chi connectivity index (χ0) is 22.3. The van der Waals surface area contributed by atoms with E-state index in [0.29, 0.717) is 5.56 Å². The lowest BCUT2D eigenvalue weighted by Gasteiger charge is -2.27. The molecule has 2 aromatic rings. The molecule has 0 spiro atoms. The molecule has 160 valence electrons. The lowest BCUT2D eigenvalue weighted by molar-refractivity contribution is -0.124. The predicted molar refractivity (Wildman–Crippen MR) is 111 cm³/mol. The molecule has 0 aromatic heterocycles. The molecule has 1 N–H and O–H groups in total. The van der Waals surface area contributed by atoms with Crippen LogP contribution >= 0.6 is 15.9 Å². The molecule has 0 saturated carbocycles. The van der Waals surface area contributed by atoms with Crippen molar-refractivity contribution >= 4 is 31.7 Å². The highest BCUT2D eigenvalue weighted by atomic mass is 79.9. The topological polar surface area (TPSA) is 96.3 Å². The highest BCUT2D eigenvalue weighted by Gasteiger charge is 2.39. The van der Waals surface area contributed by atoms with Crippen molar-refractivity contribution in [3.05, 3.63) is 64.1 Å². The van der Waals surface area contributed by atoms with E-state index in [-0.39, 0.29) is 24.3 Å². The molecule has 2 aromatic carbocycles. The third kappa shape index (κ3) is 6.50. The molecule has 0 aliphatic rings. The Kier molecular flexibility index (Phi) is 8.32. The van der Waals surface area contributed by atoms with Gasteiger partial charge < -0.3 is 10.1 Å². The summed E-state index contributed by atoms with van der Waals surface area (Å²) in [6, 6.07) is 14.2. The molecule has 0 fully saturated rings. The summed E-state index contributed by atoms with van der Waals surface area (Å²) in [4.78, 5) is 12.9. The van der Waals surface area contributed by atoms with Crippen LogP contribution in [0.5, 0.6) is 5.75 Å². The standard InChI is InChI=1S/C20H19BrF2N2O4S/c1-30(27,28)18(15-7-2-3-8-17(15)29-20(22)23)16(19(26)25-10-9-24)12-13-5-4-6-14(21)11-13/h2-8,11,16,18,20H,10,12H2,1H3,(H,25,26). The summed E-state index contributed by atoms with van der Waals surface area (Å²) in [5.41, 5.74) is 0.606. The Balaban J connectivity index is 2.60. The number of nitriles is 1.